The highest BCUT2D eigenvalue weighted by molar-refractivity contribution is 7.98. The van der Waals surface area contributed by atoms with Crippen molar-refractivity contribution in [3.05, 3.63) is 76.6 Å². The van der Waals surface area contributed by atoms with Gasteiger partial charge in [-0.15, -0.1) is 11.8 Å². The van der Waals surface area contributed by atoms with Crippen molar-refractivity contribution in [3.8, 4) is 0 Å². The molecule has 0 aliphatic heterocycles. The smallest absolute Gasteiger partial charge is 0.259 e. The number of thioether (sulfide) groups is 1. The van der Waals surface area contributed by atoms with E-state index >= 15 is 0 Å². The molecule has 0 aliphatic carbocycles. The molecule has 4 nitrogen and oxygen atoms in total. The maximum absolute atomic E-state index is 12.8. The first-order valence-electron chi connectivity index (χ1n) is 8.53. The summed E-state index contributed by atoms with van der Waals surface area (Å²) in [5.74, 6) is -0.118. The number of anilines is 1. The first kappa shape index (κ1) is 18.3. The lowest BCUT2D eigenvalue weighted by Gasteiger charge is -2.08. The number of hydrogen-bond donors (Lipinski definition) is 1. The van der Waals surface area contributed by atoms with Crippen molar-refractivity contribution < 1.29 is 4.79 Å². The number of nitrogens with one attached hydrogen (secondary N) is 1. The second kappa shape index (κ2) is 7.79. The van der Waals surface area contributed by atoms with E-state index in [0.717, 1.165) is 17.1 Å². The molecule has 2 aromatic carbocycles. The number of carbonyl (C=O) groups is 1. The molecule has 0 aliphatic rings. The Morgan fingerprint density at radius 3 is 2.31 bits per heavy atom. The Morgan fingerprint density at radius 2 is 1.69 bits per heavy atom. The van der Waals surface area contributed by atoms with Gasteiger partial charge in [0.2, 0.25) is 0 Å². The number of aryl methyl sites for hydroxylation is 2. The average Bonchev–Trinajstić information content (AvgIpc) is 2.91. The Kier molecular flexibility index (Phi) is 5.47. The molecule has 1 heterocycles. The van der Waals surface area contributed by atoms with Crippen molar-refractivity contribution in [1.82, 2.24) is 9.78 Å². The van der Waals surface area contributed by atoms with Crippen molar-refractivity contribution in [2.24, 2.45) is 0 Å². The largest absolute Gasteiger partial charge is 0.322 e. The van der Waals surface area contributed by atoms with E-state index in [2.05, 4.69) is 41.6 Å². The van der Waals surface area contributed by atoms with Crippen LogP contribution < -0.4 is 5.32 Å². The first-order valence-corrected chi connectivity index (χ1v) is 9.75. The fourth-order valence-corrected chi connectivity index (χ4v) is 3.32. The molecule has 5 heteroatoms. The third-order valence-corrected chi connectivity index (χ3v) is 5.15. The van der Waals surface area contributed by atoms with Gasteiger partial charge in [-0.1, -0.05) is 29.8 Å². The lowest BCUT2D eigenvalue weighted by Crippen LogP contribution is -2.14. The summed E-state index contributed by atoms with van der Waals surface area (Å²) in [6, 6.07) is 16.2. The van der Waals surface area contributed by atoms with Crippen LogP contribution in [0.1, 0.15) is 32.9 Å². The van der Waals surface area contributed by atoms with Gasteiger partial charge in [0.15, 0.2) is 0 Å². The number of amides is 1. The summed E-state index contributed by atoms with van der Waals surface area (Å²) in [5.41, 5.74) is 5.45. The maximum atomic E-state index is 12.8. The van der Waals surface area contributed by atoms with Gasteiger partial charge in [0.05, 0.1) is 17.8 Å². The molecule has 26 heavy (non-hydrogen) atoms. The number of benzene rings is 2. The van der Waals surface area contributed by atoms with E-state index in [1.54, 1.807) is 11.8 Å². The third kappa shape index (κ3) is 3.99. The Morgan fingerprint density at radius 1 is 1.04 bits per heavy atom. The molecule has 0 bridgehead atoms. The van der Waals surface area contributed by atoms with Gasteiger partial charge in [0.1, 0.15) is 0 Å². The lowest BCUT2D eigenvalue weighted by molar-refractivity contribution is 0.102. The summed E-state index contributed by atoms with van der Waals surface area (Å²) < 4.78 is 1.89. The molecule has 134 valence electrons. The minimum absolute atomic E-state index is 0.118. The summed E-state index contributed by atoms with van der Waals surface area (Å²) in [6.45, 7) is 6.55. The van der Waals surface area contributed by atoms with Crippen LogP contribution in [0.4, 0.5) is 5.69 Å². The van der Waals surface area contributed by atoms with Gasteiger partial charge in [-0.2, -0.15) is 5.10 Å². The van der Waals surface area contributed by atoms with Gasteiger partial charge in [0, 0.05) is 16.3 Å². The molecule has 0 atom stereocenters. The van der Waals surface area contributed by atoms with Gasteiger partial charge in [-0.3, -0.25) is 9.48 Å². The Balaban J connectivity index is 1.79. The van der Waals surface area contributed by atoms with Crippen LogP contribution in [0, 0.1) is 20.8 Å². The average molecular weight is 366 g/mol. The molecule has 0 spiro atoms. The Bertz CT molecular complexity index is 912. The summed E-state index contributed by atoms with van der Waals surface area (Å²) in [5, 5.41) is 7.54. The second-order valence-electron chi connectivity index (χ2n) is 6.37. The molecular weight excluding hydrogens is 342 g/mol. The molecule has 1 aromatic heterocycles. The molecule has 0 fully saturated rings. The van der Waals surface area contributed by atoms with Crippen LogP contribution in [0.3, 0.4) is 0 Å². The number of rotatable bonds is 5. The van der Waals surface area contributed by atoms with Crippen LogP contribution in [0.2, 0.25) is 0 Å². The van der Waals surface area contributed by atoms with Crippen LogP contribution >= 0.6 is 11.8 Å². The fourth-order valence-electron chi connectivity index (χ4n) is 2.91. The zero-order chi connectivity index (χ0) is 18.7. The van der Waals surface area contributed by atoms with Crippen molar-refractivity contribution in [2.75, 3.05) is 11.6 Å². The fraction of sp³-hybridized carbons (Fsp3) is 0.238. The molecule has 3 rings (SSSR count). The number of carbonyl (C=O) groups excluding carboxylic acids is 1. The van der Waals surface area contributed by atoms with Gasteiger partial charge in [-0.25, -0.2) is 0 Å². The van der Waals surface area contributed by atoms with E-state index in [0.29, 0.717) is 12.1 Å². The zero-order valence-corrected chi connectivity index (χ0v) is 16.4. The van der Waals surface area contributed by atoms with Crippen LogP contribution in [0.5, 0.6) is 0 Å². The molecule has 0 saturated carbocycles. The molecule has 0 radical (unpaired) electrons. The highest BCUT2D eigenvalue weighted by atomic mass is 32.2. The van der Waals surface area contributed by atoms with Gasteiger partial charge in [0.25, 0.3) is 5.91 Å². The third-order valence-electron chi connectivity index (χ3n) is 4.41. The number of aromatic nitrogens is 2. The topological polar surface area (TPSA) is 46.9 Å². The van der Waals surface area contributed by atoms with E-state index < -0.39 is 0 Å². The highest BCUT2D eigenvalue weighted by Gasteiger charge is 2.19. The molecule has 0 saturated heterocycles. The summed E-state index contributed by atoms with van der Waals surface area (Å²) in [4.78, 5) is 13.9. The van der Waals surface area contributed by atoms with Crippen molar-refractivity contribution in [3.63, 3.8) is 0 Å². The van der Waals surface area contributed by atoms with Gasteiger partial charge >= 0.3 is 0 Å². The van der Waals surface area contributed by atoms with Gasteiger partial charge < -0.3 is 5.32 Å². The normalized spacial score (nSPS) is 10.8. The molecule has 1 amide bonds. The Hall–Kier alpha value is -2.53. The zero-order valence-electron chi connectivity index (χ0n) is 15.5. The SMILES string of the molecule is CSc1ccc(NC(=O)c2c(C)nn(Cc3ccc(C)cc3)c2C)cc1. The molecule has 3 aromatic rings. The second-order valence-corrected chi connectivity index (χ2v) is 7.25. The lowest BCUT2D eigenvalue weighted by atomic mass is 10.1. The minimum Gasteiger partial charge on any atom is -0.322 e. The summed E-state index contributed by atoms with van der Waals surface area (Å²) in [6.07, 6.45) is 2.03. The molecule has 1 N–H and O–H groups in total. The highest BCUT2D eigenvalue weighted by Crippen LogP contribution is 2.20. The summed E-state index contributed by atoms with van der Waals surface area (Å²) >= 11 is 1.68. The van der Waals surface area contributed by atoms with Gasteiger partial charge in [-0.05, 0) is 56.9 Å². The Labute approximate surface area is 158 Å². The van der Waals surface area contributed by atoms with Crippen molar-refractivity contribution in [2.45, 2.75) is 32.2 Å². The van der Waals surface area contributed by atoms with E-state index in [-0.39, 0.29) is 5.91 Å². The van der Waals surface area contributed by atoms with E-state index in [1.807, 2.05) is 49.1 Å². The predicted octanol–water partition coefficient (Wildman–Crippen LogP) is 4.83. The van der Waals surface area contributed by atoms with E-state index in [4.69, 9.17) is 0 Å². The van der Waals surface area contributed by atoms with Crippen LogP contribution in [0.25, 0.3) is 0 Å². The predicted molar refractivity (Wildman–Crippen MR) is 108 cm³/mol. The monoisotopic (exact) mass is 365 g/mol. The van der Waals surface area contributed by atoms with E-state index in [9.17, 15) is 4.79 Å². The quantitative estimate of drug-likeness (QED) is 0.659. The first-order chi connectivity index (χ1) is 12.5. The van der Waals surface area contributed by atoms with Crippen LogP contribution in [0.15, 0.2) is 53.4 Å². The van der Waals surface area contributed by atoms with E-state index in [1.165, 1.54) is 16.0 Å². The molecule has 0 unspecified atom stereocenters. The van der Waals surface area contributed by atoms with Crippen molar-refractivity contribution in [1.29, 1.82) is 0 Å². The van der Waals surface area contributed by atoms with Crippen molar-refractivity contribution >= 4 is 23.4 Å². The standard InChI is InChI=1S/C21H23N3OS/c1-14-5-7-17(8-6-14)13-24-16(3)20(15(2)23-24)21(25)22-18-9-11-19(26-4)12-10-18/h5-12H,13H2,1-4H3,(H,22,25). The molecular formula is C21H23N3OS. The number of hydrogen-bond acceptors (Lipinski definition) is 3. The van der Waals surface area contributed by atoms with Crippen LogP contribution in [-0.4, -0.2) is 21.9 Å². The number of nitrogens with zero attached hydrogens (tertiary/aromatic N) is 2. The minimum atomic E-state index is -0.118. The van der Waals surface area contributed by atoms with Crippen LogP contribution in [-0.2, 0) is 6.54 Å². The summed E-state index contributed by atoms with van der Waals surface area (Å²) in [7, 11) is 0. The maximum Gasteiger partial charge on any atom is 0.259 e.